The molecule has 1 aromatic carbocycles. The molecule has 1 saturated heterocycles. The Balaban J connectivity index is 1.63. The number of carbonyl (C=O) groups excluding carboxylic acids is 3. The van der Waals surface area contributed by atoms with E-state index in [2.05, 4.69) is 13.0 Å². The van der Waals surface area contributed by atoms with Crippen LogP contribution in [0.15, 0.2) is 41.2 Å². The van der Waals surface area contributed by atoms with Crippen molar-refractivity contribution in [2.45, 2.75) is 45.8 Å². The fourth-order valence-electron chi connectivity index (χ4n) is 4.32. The number of aryl methyl sites for hydroxylation is 1. The number of para-hydroxylation sites is 1. The number of aliphatic imine (C=N–C) groups is 1. The van der Waals surface area contributed by atoms with Crippen molar-refractivity contribution in [3.05, 3.63) is 41.7 Å². The van der Waals surface area contributed by atoms with Gasteiger partial charge in [-0.25, -0.2) is 9.79 Å². The third-order valence-corrected chi connectivity index (χ3v) is 5.85. The van der Waals surface area contributed by atoms with Gasteiger partial charge in [0.2, 0.25) is 5.96 Å². The summed E-state index contributed by atoms with van der Waals surface area (Å²) in [6.45, 7) is 6.03. The molecule has 3 aliphatic rings. The highest BCUT2D eigenvalue weighted by atomic mass is 16.5. The lowest BCUT2D eigenvalue weighted by atomic mass is 10.1. The second kappa shape index (κ2) is 8.05. The van der Waals surface area contributed by atoms with Crippen molar-refractivity contribution in [1.82, 2.24) is 14.7 Å². The molecule has 0 bridgehead atoms. The molecule has 2 unspecified atom stereocenters. The zero-order valence-electron chi connectivity index (χ0n) is 18.2. The van der Waals surface area contributed by atoms with Crippen LogP contribution >= 0.6 is 0 Å². The first-order valence-corrected chi connectivity index (χ1v) is 10.5. The minimum absolute atomic E-state index is 0.0156. The molecule has 0 radical (unpaired) electrons. The van der Waals surface area contributed by atoms with Crippen LogP contribution in [0.5, 0.6) is 0 Å². The van der Waals surface area contributed by atoms with Gasteiger partial charge in [-0.05, 0) is 31.9 Å². The van der Waals surface area contributed by atoms with Gasteiger partial charge in [0, 0.05) is 25.5 Å². The third kappa shape index (κ3) is 3.34. The van der Waals surface area contributed by atoms with Crippen LogP contribution in [0.2, 0.25) is 0 Å². The summed E-state index contributed by atoms with van der Waals surface area (Å²) in [5.41, 5.74) is 3.13. The smallest absolute Gasteiger partial charge is 0.328 e. The summed E-state index contributed by atoms with van der Waals surface area (Å²) >= 11 is 0. The first-order chi connectivity index (χ1) is 14.9. The number of imide groups is 1. The van der Waals surface area contributed by atoms with Crippen LogP contribution in [0.25, 0.3) is 0 Å². The number of ether oxygens (including phenoxy) is 1. The maximum Gasteiger partial charge on any atom is 0.328 e. The summed E-state index contributed by atoms with van der Waals surface area (Å²) < 4.78 is 4.93. The lowest BCUT2D eigenvalue weighted by Gasteiger charge is -2.40. The summed E-state index contributed by atoms with van der Waals surface area (Å²) in [6, 6.07) is 6.97. The first kappa shape index (κ1) is 20.9. The topological polar surface area (TPSA) is 85.8 Å². The highest BCUT2D eigenvalue weighted by molar-refractivity contribution is 6.10. The Morgan fingerprint density at radius 2 is 1.94 bits per heavy atom. The summed E-state index contributed by atoms with van der Waals surface area (Å²) in [4.78, 5) is 49.2. The molecule has 3 aliphatic heterocycles. The number of fused-ring (bicyclic) bond motifs is 3. The maximum atomic E-state index is 13.3. The molecule has 1 fully saturated rings. The predicted octanol–water partition coefficient (Wildman–Crippen LogP) is 2.14. The van der Waals surface area contributed by atoms with E-state index in [0.717, 1.165) is 22.7 Å². The molecule has 3 heterocycles. The highest BCUT2D eigenvalue weighted by Gasteiger charge is 2.54. The Bertz CT molecular complexity index is 988. The number of rotatable bonds is 6. The highest BCUT2D eigenvalue weighted by Crippen LogP contribution is 2.37. The zero-order chi connectivity index (χ0) is 22.3. The molecule has 0 aliphatic carbocycles. The molecule has 0 N–H and O–H groups in total. The van der Waals surface area contributed by atoms with E-state index < -0.39 is 24.2 Å². The van der Waals surface area contributed by atoms with Gasteiger partial charge < -0.3 is 14.5 Å². The molecule has 0 aromatic heterocycles. The van der Waals surface area contributed by atoms with Crippen molar-refractivity contribution in [1.29, 1.82) is 0 Å². The number of amides is 3. The van der Waals surface area contributed by atoms with E-state index in [1.165, 1.54) is 10.5 Å². The van der Waals surface area contributed by atoms with Gasteiger partial charge in [-0.2, -0.15) is 0 Å². The standard InChI is InChI=1S/C22H27N5O4/c1-5-15-9-7-8-10-16(15)27-14(3)13-26-18-19(23-21(26)27)24(4)22(30)25(20(18)29)12-11-17(28)31-6-2/h7-10,13,18-19H,5-6,11-12H2,1-4H3. The Labute approximate surface area is 181 Å². The van der Waals surface area contributed by atoms with Crippen LogP contribution in [0.4, 0.5) is 10.5 Å². The van der Waals surface area contributed by atoms with Crippen LogP contribution in [0.1, 0.15) is 32.8 Å². The summed E-state index contributed by atoms with van der Waals surface area (Å²) in [5.74, 6) is -0.157. The summed E-state index contributed by atoms with van der Waals surface area (Å²) in [5, 5.41) is 0. The Morgan fingerprint density at radius 3 is 2.65 bits per heavy atom. The number of allylic oxidation sites excluding steroid dienone is 1. The number of hydrogen-bond donors (Lipinski definition) is 0. The molecule has 2 atom stereocenters. The molecule has 164 valence electrons. The van der Waals surface area contributed by atoms with Crippen molar-refractivity contribution in [2.24, 2.45) is 4.99 Å². The number of urea groups is 1. The third-order valence-electron chi connectivity index (χ3n) is 5.85. The Morgan fingerprint density at radius 1 is 1.19 bits per heavy atom. The van der Waals surface area contributed by atoms with Crippen molar-refractivity contribution >= 4 is 29.6 Å². The van der Waals surface area contributed by atoms with E-state index in [4.69, 9.17) is 9.73 Å². The maximum absolute atomic E-state index is 13.3. The molecule has 31 heavy (non-hydrogen) atoms. The fraction of sp³-hybridized carbons (Fsp3) is 0.455. The molecular formula is C22H27N5O4. The monoisotopic (exact) mass is 425 g/mol. The number of hydrogen-bond acceptors (Lipinski definition) is 7. The van der Waals surface area contributed by atoms with E-state index >= 15 is 0 Å². The van der Waals surface area contributed by atoms with E-state index in [1.54, 1.807) is 14.0 Å². The number of benzene rings is 1. The lowest BCUT2D eigenvalue weighted by Crippen LogP contribution is -2.64. The Hall–Kier alpha value is -3.36. The van der Waals surface area contributed by atoms with Gasteiger partial charge in [0.1, 0.15) is 0 Å². The van der Waals surface area contributed by atoms with Gasteiger partial charge in [-0.15, -0.1) is 0 Å². The second-order valence-electron chi connectivity index (χ2n) is 7.72. The van der Waals surface area contributed by atoms with Gasteiger partial charge in [-0.3, -0.25) is 19.4 Å². The number of nitrogens with zero attached hydrogens (tertiary/aromatic N) is 5. The molecule has 9 nitrogen and oxygen atoms in total. The van der Waals surface area contributed by atoms with Crippen LogP contribution in [-0.4, -0.2) is 71.0 Å². The van der Waals surface area contributed by atoms with Crippen LogP contribution in [-0.2, 0) is 20.7 Å². The van der Waals surface area contributed by atoms with Crippen LogP contribution in [0.3, 0.4) is 0 Å². The van der Waals surface area contributed by atoms with Crippen molar-refractivity contribution in [2.75, 3.05) is 25.1 Å². The van der Waals surface area contributed by atoms with E-state index in [0.29, 0.717) is 5.96 Å². The van der Waals surface area contributed by atoms with E-state index in [9.17, 15) is 14.4 Å². The van der Waals surface area contributed by atoms with Gasteiger partial charge in [0.15, 0.2) is 12.2 Å². The molecular weight excluding hydrogens is 398 g/mol. The number of likely N-dealkylation sites (N-methyl/N-ethyl adjacent to an activating group) is 1. The molecule has 0 saturated carbocycles. The number of carbonyl (C=O) groups is 3. The molecule has 0 spiro atoms. The van der Waals surface area contributed by atoms with Gasteiger partial charge in [0.25, 0.3) is 5.91 Å². The zero-order valence-corrected chi connectivity index (χ0v) is 18.2. The van der Waals surface area contributed by atoms with Crippen LogP contribution < -0.4 is 4.90 Å². The van der Waals surface area contributed by atoms with Crippen molar-refractivity contribution in [3.63, 3.8) is 0 Å². The summed E-state index contributed by atoms with van der Waals surface area (Å²) in [6.07, 6.45) is 2.12. The van der Waals surface area contributed by atoms with Gasteiger partial charge in [-0.1, -0.05) is 25.1 Å². The van der Waals surface area contributed by atoms with Gasteiger partial charge >= 0.3 is 12.0 Å². The minimum Gasteiger partial charge on any atom is -0.466 e. The van der Waals surface area contributed by atoms with E-state index in [1.807, 2.05) is 41.1 Å². The summed E-state index contributed by atoms with van der Waals surface area (Å²) in [7, 11) is 1.64. The molecule has 9 heteroatoms. The quantitative estimate of drug-likeness (QED) is 0.649. The molecule has 4 rings (SSSR count). The average molecular weight is 425 g/mol. The lowest BCUT2D eigenvalue weighted by molar-refractivity contribution is -0.144. The number of esters is 1. The molecule has 3 amide bonds. The minimum atomic E-state index is -0.659. The van der Waals surface area contributed by atoms with E-state index in [-0.39, 0.29) is 25.5 Å². The largest absolute Gasteiger partial charge is 0.466 e. The molecule has 1 aromatic rings. The number of anilines is 1. The average Bonchev–Trinajstić information content (AvgIpc) is 3.26. The predicted molar refractivity (Wildman–Crippen MR) is 115 cm³/mol. The normalized spacial score (nSPS) is 22.5. The first-order valence-electron chi connectivity index (χ1n) is 10.5. The number of guanidine groups is 1. The SMILES string of the molecule is CCOC(=O)CCN1C(=O)C2C(N=C3N(c4ccccc4CC)C(C)=CN32)N(C)C1=O. The van der Waals surface area contributed by atoms with Crippen molar-refractivity contribution < 1.29 is 19.1 Å². The fourth-order valence-corrected chi connectivity index (χ4v) is 4.32. The van der Waals surface area contributed by atoms with Crippen LogP contribution in [0, 0.1) is 0 Å². The Kier molecular flexibility index (Phi) is 5.43. The second-order valence-corrected chi connectivity index (χ2v) is 7.72. The van der Waals surface area contributed by atoms with Crippen molar-refractivity contribution in [3.8, 4) is 0 Å². The van der Waals surface area contributed by atoms with Gasteiger partial charge in [0.05, 0.1) is 18.7 Å².